The van der Waals surface area contributed by atoms with E-state index in [-0.39, 0.29) is 11.8 Å². The molecule has 122 valence electrons. The molecule has 2 amide bonds. The number of benzene rings is 2. The summed E-state index contributed by atoms with van der Waals surface area (Å²) < 4.78 is 15.4. The number of nitrogens with zero attached hydrogens (tertiary/aromatic N) is 2. The first-order chi connectivity index (χ1) is 11.6. The van der Waals surface area contributed by atoms with Gasteiger partial charge in [-0.2, -0.15) is 0 Å². The first kappa shape index (κ1) is 14.8. The maximum atomic E-state index is 13.3. The van der Waals surface area contributed by atoms with Gasteiger partial charge in [0.1, 0.15) is 5.82 Å². The zero-order chi connectivity index (χ0) is 16.7. The normalized spacial score (nSPS) is 13.8. The van der Waals surface area contributed by atoms with Crippen LogP contribution in [0.15, 0.2) is 48.7 Å². The fourth-order valence-electron chi connectivity index (χ4n) is 3.42. The van der Waals surface area contributed by atoms with Crippen molar-refractivity contribution in [3.8, 4) is 0 Å². The average molecular weight is 323 g/mol. The Morgan fingerprint density at radius 3 is 2.83 bits per heavy atom. The lowest BCUT2D eigenvalue weighted by Gasteiger charge is -2.21. The van der Waals surface area contributed by atoms with Crippen molar-refractivity contribution in [3.63, 3.8) is 0 Å². The molecule has 1 N–H and O–H groups in total. The number of aromatic nitrogens is 1. The molecular weight excluding hydrogens is 305 g/mol. The van der Waals surface area contributed by atoms with E-state index in [2.05, 4.69) is 28.2 Å². The standard InChI is InChI=1S/C19H18FN3O/c1-22-11-14-8-9-23(12-13-4-2-7-17(22)18(13)14)19(24)21-16-6-3-5-15(20)10-16/h2-7,10-11H,8-9,12H2,1H3,(H,21,24). The van der Waals surface area contributed by atoms with E-state index < -0.39 is 0 Å². The largest absolute Gasteiger partial charge is 0.350 e. The second-order valence-electron chi connectivity index (χ2n) is 6.19. The zero-order valence-corrected chi connectivity index (χ0v) is 13.4. The van der Waals surface area contributed by atoms with Crippen LogP contribution in [0.2, 0.25) is 0 Å². The monoisotopic (exact) mass is 323 g/mol. The first-order valence-corrected chi connectivity index (χ1v) is 7.99. The molecule has 4 rings (SSSR count). The molecule has 0 atom stereocenters. The molecule has 1 aliphatic heterocycles. The van der Waals surface area contributed by atoms with Crippen molar-refractivity contribution in [2.24, 2.45) is 7.05 Å². The van der Waals surface area contributed by atoms with Crippen LogP contribution in [0.5, 0.6) is 0 Å². The van der Waals surface area contributed by atoms with Gasteiger partial charge < -0.3 is 14.8 Å². The van der Waals surface area contributed by atoms with Gasteiger partial charge in [0.2, 0.25) is 0 Å². The van der Waals surface area contributed by atoms with Crippen LogP contribution < -0.4 is 5.32 Å². The minimum Gasteiger partial charge on any atom is -0.350 e. The van der Waals surface area contributed by atoms with Gasteiger partial charge in [-0.15, -0.1) is 0 Å². The fourth-order valence-corrected chi connectivity index (χ4v) is 3.42. The Bertz CT molecular complexity index is 932. The molecule has 0 fully saturated rings. The van der Waals surface area contributed by atoms with Crippen molar-refractivity contribution in [2.45, 2.75) is 13.0 Å². The molecule has 0 saturated heterocycles. The van der Waals surface area contributed by atoms with E-state index in [1.165, 1.54) is 28.6 Å². The molecule has 0 aliphatic carbocycles. The summed E-state index contributed by atoms with van der Waals surface area (Å²) >= 11 is 0. The van der Waals surface area contributed by atoms with Gasteiger partial charge in [-0.1, -0.05) is 18.2 Å². The predicted octanol–water partition coefficient (Wildman–Crippen LogP) is 3.91. The highest BCUT2D eigenvalue weighted by molar-refractivity contribution is 5.91. The molecule has 2 aromatic carbocycles. The average Bonchev–Trinajstić information content (AvgIpc) is 2.76. The minimum atomic E-state index is -0.360. The summed E-state index contributed by atoms with van der Waals surface area (Å²) in [5, 5.41) is 4.04. The number of carbonyl (C=O) groups excluding carboxylic acids is 1. The zero-order valence-electron chi connectivity index (χ0n) is 13.4. The van der Waals surface area contributed by atoms with E-state index in [1.54, 1.807) is 17.0 Å². The topological polar surface area (TPSA) is 37.3 Å². The van der Waals surface area contributed by atoms with Gasteiger partial charge >= 0.3 is 6.03 Å². The lowest BCUT2D eigenvalue weighted by molar-refractivity contribution is 0.210. The Hall–Kier alpha value is -2.82. The highest BCUT2D eigenvalue weighted by atomic mass is 19.1. The molecule has 0 saturated carbocycles. The van der Waals surface area contributed by atoms with Crippen LogP contribution >= 0.6 is 0 Å². The Balaban J connectivity index is 1.61. The van der Waals surface area contributed by atoms with Crippen molar-refractivity contribution >= 4 is 22.6 Å². The molecular formula is C19H18FN3O. The second kappa shape index (κ2) is 5.67. The number of urea groups is 1. The first-order valence-electron chi connectivity index (χ1n) is 7.99. The molecule has 1 aromatic heterocycles. The number of carbonyl (C=O) groups is 1. The van der Waals surface area contributed by atoms with Crippen LogP contribution in [0.4, 0.5) is 14.9 Å². The van der Waals surface area contributed by atoms with E-state index in [9.17, 15) is 9.18 Å². The summed E-state index contributed by atoms with van der Waals surface area (Å²) in [4.78, 5) is 14.4. The highest BCUT2D eigenvalue weighted by Gasteiger charge is 2.21. The fraction of sp³-hybridized carbons (Fsp3) is 0.211. The smallest absolute Gasteiger partial charge is 0.322 e. The Morgan fingerprint density at radius 2 is 2.00 bits per heavy atom. The lowest BCUT2D eigenvalue weighted by atomic mass is 10.1. The molecule has 4 nitrogen and oxygen atoms in total. The SMILES string of the molecule is Cn1cc2c3c(cccc31)CN(C(=O)Nc1cccc(F)c1)CC2. The summed E-state index contributed by atoms with van der Waals surface area (Å²) in [5.74, 6) is -0.360. The second-order valence-corrected chi connectivity index (χ2v) is 6.19. The van der Waals surface area contributed by atoms with Gasteiger partial charge in [0.05, 0.1) is 0 Å². The van der Waals surface area contributed by atoms with Crippen molar-refractivity contribution in [2.75, 3.05) is 11.9 Å². The molecule has 0 spiro atoms. The molecule has 2 heterocycles. The molecule has 0 unspecified atom stereocenters. The Morgan fingerprint density at radius 1 is 1.17 bits per heavy atom. The van der Waals surface area contributed by atoms with Crippen molar-refractivity contribution in [3.05, 3.63) is 65.6 Å². The van der Waals surface area contributed by atoms with Gasteiger partial charge in [0.25, 0.3) is 0 Å². The number of rotatable bonds is 1. The molecule has 24 heavy (non-hydrogen) atoms. The minimum absolute atomic E-state index is 0.202. The maximum absolute atomic E-state index is 13.3. The molecule has 0 radical (unpaired) electrons. The third-order valence-electron chi connectivity index (χ3n) is 4.55. The number of amides is 2. The van der Waals surface area contributed by atoms with E-state index in [4.69, 9.17) is 0 Å². The maximum Gasteiger partial charge on any atom is 0.322 e. The number of hydrogen-bond donors (Lipinski definition) is 1. The van der Waals surface area contributed by atoms with Crippen LogP contribution in [0.1, 0.15) is 11.1 Å². The molecule has 3 aromatic rings. The van der Waals surface area contributed by atoms with Crippen LogP contribution in [0.3, 0.4) is 0 Å². The summed E-state index contributed by atoms with van der Waals surface area (Å²) in [6.07, 6.45) is 2.95. The quantitative estimate of drug-likeness (QED) is 0.724. The van der Waals surface area contributed by atoms with Gasteiger partial charge in [0, 0.05) is 42.9 Å². The number of anilines is 1. The number of nitrogens with one attached hydrogen (secondary N) is 1. The molecule has 0 bridgehead atoms. The Labute approximate surface area is 139 Å². The van der Waals surface area contributed by atoms with E-state index in [0.29, 0.717) is 18.8 Å². The summed E-state index contributed by atoms with van der Waals surface area (Å²) in [6.45, 7) is 1.18. The van der Waals surface area contributed by atoms with Crippen molar-refractivity contribution < 1.29 is 9.18 Å². The molecule has 5 heteroatoms. The number of aryl methyl sites for hydroxylation is 1. The number of halogens is 1. The molecule has 1 aliphatic rings. The van der Waals surface area contributed by atoms with Gasteiger partial charge in [-0.3, -0.25) is 0 Å². The van der Waals surface area contributed by atoms with Crippen molar-refractivity contribution in [1.29, 1.82) is 0 Å². The third kappa shape index (κ3) is 2.52. The van der Waals surface area contributed by atoms with Crippen LogP contribution in [-0.2, 0) is 20.0 Å². The van der Waals surface area contributed by atoms with Gasteiger partial charge in [-0.25, -0.2) is 9.18 Å². The Kier molecular flexibility index (Phi) is 3.49. The van der Waals surface area contributed by atoms with Crippen LogP contribution in [0.25, 0.3) is 10.9 Å². The third-order valence-corrected chi connectivity index (χ3v) is 4.55. The highest BCUT2D eigenvalue weighted by Crippen LogP contribution is 2.29. The summed E-state index contributed by atoms with van der Waals surface area (Å²) in [7, 11) is 2.05. The van der Waals surface area contributed by atoms with Crippen LogP contribution in [-0.4, -0.2) is 22.0 Å². The van der Waals surface area contributed by atoms with Gasteiger partial charge in [-0.05, 0) is 41.8 Å². The summed E-state index contributed by atoms with van der Waals surface area (Å²) in [6, 6.07) is 12.0. The summed E-state index contributed by atoms with van der Waals surface area (Å²) in [5.41, 5.74) is 4.08. The predicted molar refractivity (Wildman–Crippen MR) is 92.5 cm³/mol. The van der Waals surface area contributed by atoms with Gasteiger partial charge in [0.15, 0.2) is 0 Å². The van der Waals surface area contributed by atoms with E-state index in [0.717, 1.165) is 12.0 Å². The van der Waals surface area contributed by atoms with Crippen LogP contribution in [0, 0.1) is 5.82 Å². The van der Waals surface area contributed by atoms with Crippen molar-refractivity contribution in [1.82, 2.24) is 9.47 Å². The number of hydrogen-bond acceptors (Lipinski definition) is 1. The van der Waals surface area contributed by atoms with E-state index in [1.807, 2.05) is 13.1 Å². The van der Waals surface area contributed by atoms with E-state index >= 15 is 0 Å². The lowest BCUT2D eigenvalue weighted by Crippen LogP contribution is -2.35.